The zero-order valence-corrected chi connectivity index (χ0v) is 9.76. The molecular formula is C10H9ClN4O2. The highest BCUT2D eigenvalue weighted by Crippen LogP contribution is 2.15. The summed E-state index contributed by atoms with van der Waals surface area (Å²) >= 11 is 5.66. The summed E-state index contributed by atoms with van der Waals surface area (Å²) in [5.74, 6) is -0.119. The van der Waals surface area contributed by atoms with Gasteiger partial charge in [-0.3, -0.25) is 0 Å². The van der Waals surface area contributed by atoms with Crippen LogP contribution < -0.4 is 0 Å². The Hall–Kier alpha value is -1.95. The number of pyridine rings is 1. The van der Waals surface area contributed by atoms with Crippen LogP contribution in [0.1, 0.15) is 11.1 Å². The van der Waals surface area contributed by atoms with Gasteiger partial charge < -0.3 is 10.1 Å². The van der Waals surface area contributed by atoms with Gasteiger partial charge >= 0.3 is 5.82 Å². The highest BCUT2D eigenvalue weighted by atomic mass is 35.5. The van der Waals surface area contributed by atoms with Crippen molar-refractivity contribution in [1.82, 2.24) is 14.8 Å². The van der Waals surface area contributed by atoms with E-state index in [0.29, 0.717) is 17.3 Å². The third kappa shape index (κ3) is 2.59. The Kier molecular flexibility index (Phi) is 3.06. The van der Waals surface area contributed by atoms with Gasteiger partial charge in [-0.15, -0.1) is 0 Å². The molecule has 0 aliphatic heterocycles. The van der Waals surface area contributed by atoms with Crippen molar-refractivity contribution in [2.75, 3.05) is 0 Å². The number of aryl methyl sites for hydroxylation is 1. The fourth-order valence-electron chi connectivity index (χ4n) is 1.46. The molecule has 2 heterocycles. The zero-order chi connectivity index (χ0) is 12.4. The highest BCUT2D eigenvalue weighted by molar-refractivity contribution is 6.29. The molecule has 0 aliphatic rings. The largest absolute Gasteiger partial charge is 0.392 e. The van der Waals surface area contributed by atoms with Gasteiger partial charge in [-0.1, -0.05) is 17.7 Å². The van der Waals surface area contributed by atoms with Crippen LogP contribution in [-0.2, 0) is 6.54 Å². The van der Waals surface area contributed by atoms with Gasteiger partial charge in [0.1, 0.15) is 5.15 Å². The van der Waals surface area contributed by atoms with Crippen molar-refractivity contribution in [3.05, 3.63) is 50.9 Å². The van der Waals surface area contributed by atoms with Crippen LogP contribution in [0.3, 0.4) is 0 Å². The zero-order valence-electron chi connectivity index (χ0n) is 9.00. The van der Waals surface area contributed by atoms with Crippen molar-refractivity contribution in [1.29, 1.82) is 0 Å². The summed E-state index contributed by atoms with van der Waals surface area (Å²) in [5.41, 5.74) is 1.42. The van der Waals surface area contributed by atoms with Crippen molar-refractivity contribution in [2.45, 2.75) is 13.5 Å². The van der Waals surface area contributed by atoms with E-state index in [2.05, 4.69) is 10.1 Å². The molecule has 0 aliphatic carbocycles. The number of nitro groups is 1. The molecule has 0 N–H and O–H groups in total. The van der Waals surface area contributed by atoms with E-state index in [9.17, 15) is 10.1 Å². The lowest BCUT2D eigenvalue weighted by Gasteiger charge is -1.97. The molecular weight excluding hydrogens is 244 g/mol. The maximum Gasteiger partial charge on any atom is 0.392 e. The van der Waals surface area contributed by atoms with Gasteiger partial charge in [0.2, 0.25) is 0 Å². The van der Waals surface area contributed by atoms with Gasteiger partial charge in [0.15, 0.2) is 0 Å². The molecule has 0 amide bonds. The number of aromatic nitrogens is 3. The number of hydrogen-bond acceptors (Lipinski definition) is 4. The molecule has 6 nitrogen and oxygen atoms in total. The maximum atomic E-state index is 10.6. The second-order valence-electron chi connectivity index (χ2n) is 3.58. The first-order chi connectivity index (χ1) is 8.06. The summed E-state index contributed by atoms with van der Waals surface area (Å²) in [6.07, 6.45) is 3.25. The van der Waals surface area contributed by atoms with E-state index < -0.39 is 4.92 Å². The number of hydrogen-bond donors (Lipinski definition) is 0. The normalized spacial score (nSPS) is 10.5. The molecule has 7 heteroatoms. The van der Waals surface area contributed by atoms with Gasteiger partial charge in [0.25, 0.3) is 0 Å². The van der Waals surface area contributed by atoms with Crippen molar-refractivity contribution in [3.8, 4) is 0 Å². The molecule has 0 aromatic carbocycles. The first-order valence-electron chi connectivity index (χ1n) is 4.85. The highest BCUT2D eigenvalue weighted by Gasteiger charge is 2.16. The van der Waals surface area contributed by atoms with Crippen LogP contribution in [0.2, 0.25) is 5.15 Å². The molecule has 0 fully saturated rings. The van der Waals surface area contributed by atoms with Crippen LogP contribution in [0.15, 0.2) is 24.5 Å². The van der Waals surface area contributed by atoms with Crippen LogP contribution >= 0.6 is 11.6 Å². The average Bonchev–Trinajstić information content (AvgIpc) is 2.63. The van der Waals surface area contributed by atoms with Crippen LogP contribution in [0.5, 0.6) is 0 Å². The minimum atomic E-state index is -0.494. The fraction of sp³-hybridized carbons (Fsp3) is 0.200. The standard InChI is InChI=1S/C10H9ClN4O2/c1-7-5-14(13-10(7)15(16)17)6-8-2-3-9(11)12-4-8/h2-5H,6H2,1H3. The second kappa shape index (κ2) is 4.50. The summed E-state index contributed by atoms with van der Waals surface area (Å²) in [6, 6.07) is 3.47. The van der Waals surface area contributed by atoms with Gasteiger partial charge in [-0.2, -0.15) is 4.68 Å². The Morgan fingerprint density at radius 3 is 2.82 bits per heavy atom. The second-order valence-corrected chi connectivity index (χ2v) is 3.97. The summed E-state index contributed by atoms with van der Waals surface area (Å²) < 4.78 is 1.51. The first-order valence-corrected chi connectivity index (χ1v) is 5.23. The van der Waals surface area contributed by atoms with E-state index in [1.54, 1.807) is 31.5 Å². The lowest BCUT2D eigenvalue weighted by molar-refractivity contribution is -0.390. The molecule has 0 spiro atoms. The monoisotopic (exact) mass is 252 g/mol. The van der Waals surface area contributed by atoms with E-state index in [1.807, 2.05) is 0 Å². The maximum absolute atomic E-state index is 10.6. The van der Waals surface area contributed by atoms with E-state index in [0.717, 1.165) is 5.56 Å². The van der Waals surface area contributed by atoms with Crippen LogP contribution in [0, 0.1) is 17.0 Å². The van der Waals surface area contributed by atoms with Crippen LogP contribution in [-0.4, -0.2) is 19.7 Å². The van der Waals surface area contributed by atoms with Gasteiger partial charge in [0.05, 0.1) is 23.4 Å². The molecule has 0 atom stereocenters. The summed E-state index contributed by atoms with van der Waals surface area (Å²) in [7, 11) is 0. The number of nitrogens with zero attached hydrogens (tertiary/aromatic N) is 4. The molecule has 2 aromatic heterocycles. The Labute approximate surface area is 102 Å². The van der Waals surface area contributed by atoms with E-state index in [4.69, 9.17) is 11.6 Å². The molecule has 2 aromatic rings. The fourth-order valence-corrected chi connectivity index (χ4v) is 1.57. The van der Waals surface area contributed by atoms with Gasteiger partial charge in [-0.25, -0.2) is 4.98 Å². The molecule has 0 saturated heterocycles. The predicted molar refractivity (Wildman–Crippen MR) is 62.0 cm³/mol. The third-order valence-electron chi connectivity index (χ3n) is 2.22. The molecule has 88 valence electrons. The Bertz CT molecular complexity index is 550. The van der Waals surface area contributed by atoms with Gasteiger partial charge in [0, 0.05) is 6.20 Å². The molecule has 0 unspecified atom stereocenters. The van der Waals surface area contributed by atoms with Gasteiger partial charge in [-0.05, 0) is 23.5 Å². The van der Waals surface area contributed by atoms with Crippen molar-refractivity contribution in [2.24, 2.45) is 0 Å². The predicted octanol–water partition coefficient (Wildman–Crippen LogP) is 2.20. The molecule has 0 bridgehead atoms. The van der Waals surface area contributed by atoms with Crippen LogP contribution in [0.25, 0.3) is 0 Å². The van der Waals surface area contributed by atoms with Crippen molar-refractivity contribution in [3.63, 3.8) is 0 Å². The quantitative estimate of drug-likeness (QED) is 0.477. The summed E-state index contributed by atoms with van der Waals surface area (Å²) in [5, 5.41) is 14.9. The minimum Gasteiger partial charge on any atom is -0.358 e. The molecule has 17 heavy (non-hydrogen) atoms. The average molecular weight is 253 g/mol. The Morgan fingerprint density at radius 1 is 1.53 bits per heavy atom. The van der Waals surface area contributed by atoms with E-state index in [1.165, 1.54) is 4.68 Å². The SMILES string of the molecule is Cc1cn(Cc2ccc(Cl)nc2)nc1[N+](=O)[O-]. The summed E-state index contributed by atoms with van der Waals surface area (Å²) in [4.78, 5) is 14.1. The third-order valence-corrected chi connectivity index (χ3v) is 2.45. The molecule has 0 radical (unpaired) electrons. The van der Waals surface area contributed by atoms with E-state index in [-0.39, 0.29) is 5.82 Å². The van der Waals surface area contributed by atoms with Crippen LogP contribution in [0.4, 0.5) is 5.82 Å². The van der Waals surface area contributed by atoms with Crippen molar-refractivity contribution >= 4 is 17.4 Å². The number of rotatable bonds is 3. The smallest absolute Gasteiger partial charge is 0.358 e. The molecule has 0 saturated carbocycles. The topological polar surface area (TPSA) is 73.8 Å². The van der Waals surface area contributed by atoms with E-state index >= 15 is 0 Å². The lowest BCUT2D eigenvalue weighted by Crippen LogP contribution is -2.01. The Morgan fingerprint density at radius 2 is 2.29 bits per heavy atom. The lowest BCUT2D eigenvalue weighted by atomic mass is 10.3. The Balaban J connectivity index is 2.22. The molecule has 2 rings (SSSR count). The first kappa shape index (κ1) is 11.5. The minimum absolute atomic E-state index is 0.119. The summed E-state index contributed by atoms with van der Waals surface area (Å²) in [6.45, 7) is 2.08. The van der Waals surface area contributed by atoms with Crippen molar-refractivity contribution < 1.29 is 4.92 Å². The number of halogens is 1.